The van der Waals surface area contributed by atoms with Crippen LogP contribution in [0.15, 0.2) is 12.1 Å². The molecule has 0 fully saturated rings. The normalized spacial score (nSPS) is 11.9. The summed E-state index contributed by atoms with van der Waals surface area (Å²) in [5.74, 6) is -0.268. The monoisotopic (exact) mass is 448 g/mol. The standard InChI is InChI=1S/C18H28N4O3S2.ClH/c1-13-10-14(2)17-15(11-13)19-18(26-17)22(9-7-8-20(3)4)16(23)12-21(5)27(6,24)25;/h10-11H,7-9,12H2,1-6H3;1H. The number of hydrogen-bond acceptors (Lipinski definition) is 6. The Hall–Kier alpha value is -1.26. The number of carbonyl (C=O) groups excluding carboxylic acids is 1. The molecule has 1 aromatic carbocycles. The Bertz CT molecular complexity index is 928. The van der Waals surface area contributed by atoms with E-state index in [1.807, 2.05) is 34.0 Å². The molecule has 2 aromatic rings. The molecule has 0 N–H and O–H groups in total. The van der Waals surface area contributed by atoms with Gasteiger partial charge in [-0.25, -0.2) is 13.4 Å². The number of benzene rings is 1. The van der Waals surface area contributed by atoms with E-state index >= 15 is 0 Å². The fourth-order valence-corrected chi connectivity index (χ4v) is 4.15. The zero-order valence-electron chi connectivity index (χ0n) is 17.2. The fraction of sp³-hybridized carbons (Fsp3) is 0.556. The van der Waals surface area contributed by atoms with Crippen LogP contribution < -0.4 is 4.90 Å². The maximum atomic E-state index is 12.9. The van der Waals surface area contributed by atoms with Gasteiger partial charge in [0.2, 0.25) is 15.9 Å². The van der Waals surface area contributed by atoms with Gasteiger partial charge in [-0.15, -0.1) is 12.4 Å². The maximum absolute atomic E-state index is 12.9. The molecule has 0 unspecified atom stereocenters. The van der Waals surface area contributed by atoms with Gasteiger partial charge in [0.05, 0.1) is 23.0 Å². The Morgan fingerprint density at radius 2 is 1.79 bits per heavy atom. The van der Waals surface area contributed by atoms with Crippen LogP contribution in [0.2, 0.25) is 0 Å². The number of hydrogen-bond donors (Lipinski definition) is 0. The molecular weight excluding hydrogens is 420 g/mol. The Kier molecular flexibility index (Phi) is 8.83. The highest BCUT2D eigenvalue weighted by Crippen LogP contribution is 2.32. The zero-order valence-corrected chi connectivity index (χ0v) is 19.7. The second kappa shape index (κ2) is 9.98. The van der Waals surface area contributed by atoms with Gasteiger partial charge in [0.1, 0.15) is 0 Å². The van der Waals surface area contributed by atoms with Gasteiger partial charge in [-0.1, -0.05) is 17.4 Å². The molecule has 0 radical (unpaired) electrons. The quantitative estimate of drug-likeness (QED) is 0.620. The summed E-state index contributed by atoms with van der Waals surface area (Å²) in [7, 11) is 1.95. The number of carbonyl (C=O) groups is 1. The zero-order chi connectivity index (χ0) is 20.4. The Balaban J connectivity index is 0.00000392. The molecule has 10 heteroatoms. The molecule has 2 rings (SSSR count). The number of nitrogens with zero attached hydrogens (tertiary/aromatic N) is 4. The topological polar surface area (TPSA) is 73.8 Å². The van der Waals surface area contributed by atoms with Crippen LogP contribution in [0.5, 0.6) is 0 Å². The molecule has 1 heterocycles. The van der Waals surface area contributed by atoms with Gasteiger partial charge < -0.3 is 4.90 Å². The van der Waals surface area contributed by atoms with Crippen LogP contribution in [-0.2, 0) is 14.8 Å². The number of sulfonamides is 1. The lowest BCUT2D eigenvalue weighted by molar-refractivity contribution is -0.118. The molecular formula is C18H29ClN4O3S2. The molecule has 7 nitrogen and oxygen atoms in total. The van der Waals surface area contributed by atoms with Crippen molar-refractivity contribution in [3.8, 4) is 0 Å². The molecule has 0 aliphatic rings. The van der Waals surface area contributed by atoms with Crippen molar-refractivity contribution in [3.05, 3.63) is 23.3 Å². The first-order valence-electron chi connectivity index (χ1n) is 8.73. The number of thiazole rings is 1. The predicted molar refractivity (Wildman–Crippen MR) is 119 cm³/mol. The Labute approximate surface area is 177 Å². The lowest BCUT2D eigenvalue weighted by atomic mass is 10.1. The van der Waals surface area contributed by atoms with E-state index in [0.29, 0.717) is 11.7 Å². The highest BCUT2D eigenvalue weighted by molar-refractivity contribution is 7.88. The molecule has 0 atom stereocenters. The van der Waals surface area contributed by atoms with E-state index in [-0.39, 0.29) is 24.9 Å². The molecule has 1 amide bonds. The maximum Gasteiger partial charge on any atom is 0.244 e. The van der Waals surface area contributed by atoms with E-state index in [1.165, 1.54) is 18.4 Å². The average Bonchev–Trinajstić information content (AvgIpc) is 2.93. The van der Waals surface area contributed by atoms with Crippen LogP contribution in [0.4, 0.5) is 5.13 Å². The summed E-state index contributed by atoms with van der Waals surface area (Å²) >= 11 is 1.47. The summed E-state index contributed by atoms with van der Waals surface area (Å²) in [5.41, 5.74) is 3.12. The second-order valence-electron chi connectivity index (χ2n) is 7.15. The summed E-state index contributed by atoms with van der Waals surface area (Å²) in [6, 6.07) is 4.10. The van der Waals surface area contributed by atoms with Crippen molar-refractivity contribution in [2.24, 2.45) is 0 Å². The van der Waals surface area contributed by atoms with E-state index in [0.717, 1.165) is 44.9 Å². The van der Waals surface area contributed by atoms with Crippen LogP contribution in [0.1, 0.15) is 17.5 Å². The number of aryl methyl sites for hydroxylation is 2. The first kappa shape index (κ1) is 24.8. The largest absolute Gasteiger partial charge is 0.309 e. The van der Waals surface area contributed by atoms with Crippen molar-refractivity contribution in [3.63, 3.8) is 0 Å². The van der Waals surface area contributed by atoms with Gasteiger partial charge in [0.25, 0.3) is 0 Å². The molecule has 1 aromatic heterocycles. The highest BCUT2D eigenvalue weighted by atomic mass is 35.5. The SMILES string of the molecule is Cc1cc(C)c2sc(N(CCCN(C)C)C(=O)CN(C)S(C)(=O)=O)nc2c1.Cl. The third-order valence-electron chi connectivity index (χ3n) is 4.25. The summed E-state index contributed by atoms with van der Waals surface area (Å²) in [6.07, 6.45) is 1.87. The fourth-order valence-electron chi connectivity index (χ4n) is 2.75. The highest BCUT2D eigenvalue weighted by Gasteiger charge is 2.24. The Morgan fingerprint density at radius 3 is 2.36 bits per heavy atom. The number of anilines is 1. The van der Waals surface area contributed by atoms with Crippen LogP contribution >= 0.6 is 23.7 Å². The Morgan fingerprint density at radius 1 is 1.14 bits per heavy atom. The van der Waals surface area contributed by atoms with Crippen molar-refractivity contribution < 1.29 is 13.2 Å². The summed E-state index contributed by atoms with van der Waals surface area (Å²) in [5, 5.41) is 0.615. The molecule has 0 bridgehead atoms. The van der Waals surface area contributed by atoms with Crippen molar-refractivity contribution in [2.45, 2.75) is 20.3 Å². The van der Waals surface area contributed by atoms with Crippen molar-refractivity contribution in [1.29, 1.82) is 0 Å². The predicted octanol–water partition coefficient (Wildman–Crippen LogP) is 2.51. The number of halogens is 1. The molecule has 0 saturated heterocycles. The van der Waals surface area contributed by atoms with Crippen molar-refractivity contribution >= 4 is 55.0 Å². The minimum Gasteiger partial charge on any atom is -0.309 e. The van der Waals surface area contributed by atoms with E-state index in [9.17, 15) is 13.2 Å². The van der Waals surface area contributed by atoms with E-state index < -0.39 is 10.0 Å². The molecule has 0 spiro atoms. The minimum atomic E-state index is -3.42. The number of amides is 1. The molecule has 0 saturated carbocycles. The molecule has 0 aliphatic heterocycles. The van der Waals surface area contributed by atoms with Gasteiger partial charge in [0.15, 0.2) is 5.13 Å². The van der Waals surface area contributed by atoms with Gasteiger partial charge >= 0.3 is 0 Å². The van der Waals surface area contributed by atoms with Gasteiger partial charge in [-0.3, -0.25) is 9.69 Å². The minimum absolute atomic E-state index is 0. The van der Waals surface area contributed by atoms with Crippen molar-refractivity contribution in [2.75, 3.05) is 51.9 Å². The van der Waals surface area contributed by atoms with Gasteiger partial charge in [-0.2, -0.15) is 4.31 Å². The van der Waals surface area contributed by atoms with E-state index in [2.05, 4.69) is 16.0 Å². The number of fused-ring (bicyclic) bond motifs is 1. The lowest BCUT2D eigenvalue weighted by Gasteiger charge is -2.23. The van der Waals surface area contributed by atoms with E-state index in [1.54, 1.807) is 4.90 Å². The summed E-state index contributed by atoms with van der Waals surface area (Å²) < 4.78 is 25.5. The second-order valence-corrected chi connectivity index (χ2v) is 10.2. The third-order valence-corrected chi connectivity index (χ3v) is 6.74. The van der Waals surface area contributed by atoms with Crippen LogP contribution in [-0.4, -0.2) is 75.5 Å². The van der Waals surface area contributed by atoms with Crippen LogP contribution in [0, 0.1) is 13.8 Å². The summed E-state index contributed by atoms with van der Waals surface area (Å²) in [4.78, 5) is 21.2. The molecule has 28 heavy (non-hydrogen) atoms. The summed E-state index contributed by atoms with van der Waals surface area (Å²) in [6.45, 7) is 5.18. The van der Waals surface area contributed by atoms with Crippen molar-refractivity contribution in [1.82, 2.24) is 14.2 Å². The van der Waals surface area contributed by atoms with Crippen LogP contribution in [0.3, 0.4) is 0 Å². The average molecular weight is 449 g/mol. The number of aromatic nitrogens is 1. The van der Waals surface area contributed by atoms with Gasteiger partial charge in [-0.05, 0) is 58.1 Å². The first-order valence-corrected chi connectivity index (χ1v) is 11.4. The smallest absolute Gasteiger partial charge is 0.244 e. The molecule has 158 valence electrons. The lowest BCUT2D eigenvalue weighted by Crippen LogP contribution is -2.41. The van der Waals surface area contributed by atoms with Gasteiger partial charge in [0, 0.05) is 13.6 Å². The molecule has 0 aliphatic carbocycles. The van der Waals surface area contributed by atoms with E-state index in [4.69, 9.17) is 0 Å². The third kappa shape index (κ3) is 6.38. The number of likely N-dealkylation sites (N-methyl/N-ethyl adjacent to an activating group) is 1. The first-order chi connectivity index (χ1) is 12.5. The van der Waals surface area contributed by atoms with Crippen LogP contribution in [0.25, 0.3) is 10.2 Å². The number of rotatable bonds is 8.